The van der Waals surface area contributed by atoms with Crippen molar-refractivity contribution in [3.8, 4) is 0 Å². The summed E-state index contributed by atoms with van der Waals surface area (Å²) < 4.78 is 0. The zero-order valence-corrected chi connectivity index (χ0v) is 8.12. The molecule has 0 amide bonds. The molecule has 1 aromatic carbocycles. The lowest BCUT2D eigenvalue weighted by Gasteiger charge is -2.27. The summed E-state index contributed by atoms with van der Waals surface area (Å²) in [5.74, 6) is 0.184. The summed E-state index contributed by atoms with van der Waals surface area (Å²) in [5.41, 5.74) is 0.793. The first-order valence-electron chi connectivity index (χ1n) is 4.33. The highest BCUT2D eigenvalue weighted by atomic mass is 35.5. The van der Waals surface area contributed by atoms with Gasteiger partial charge in [-0.1, -0.05) is 17.7 Å². The molecule has 1 aliphatic rings. The Hall–Kier alpha value is -1.13. The molecule has 1 heterocycles. The lowest BCUT2D eigenvalue weighted by molar-refractivity contribution is -0.385. The van der Waals surface area contributed by atoms with Gasteiger partial charge < -0.3 is 5.32 Å². The predicted octanol–water partition coefficient (Wildman–Crippen LogP) is 1.94. The maximum absolute atomic E-state index is 10.7. The summed E-state index contributed by atoms with van der Waals surface area (Å²) >= 11 is 5.95. The van der Waals surface area contributed by atoms with E-state index in [1.54, 1.807) is 12.1 Å². The van der Waals surface area contributed by atoms with Crippen molar-refractivity contribution in [1.82, 2.24) is 5.32 Å². The van der Waals surface area contributed by atoms with Gasteiger partial charge in [0.1, 0.15) is 0 Å². The van der Waals surface area contributed by atoms with Crippen molar-refractivity contribution in [3.05, 3.63) is 38.9 Å². The summed E-state index contributed by atoms with van der Waals surface area (Å²) in [6.45, 7) is 1.54. The molecule has 0 radical (unpaired) electrons. The van der Waals surface area contributed by atoms with Gasteiger partial charge in [-0.25, -0.2) is 0 Å². The van der Waals surface area contributed by atoms with Crippen LogP contribution in [-0.4, -0.2) is 18.0 Å². The van der Waals surface area contributed by atoms with Crippen LogP contribution in [0.15, 0.2) is 18.2 Å². The van der Waals surface area contributed by atoms with Crippen LogP contribution in [0.3, 0.4) is 0 Å². The third-order valence-corrected chi connectivity index (χ3v) is 2.75. The van der Waals surface area contributed by atoms with E-state index in [1.807, 2.05) is 0 Å². The van der Waals surface area contributed by atoms with Gasteiger partial charge in [-0.05, 0) is 6.07 Å². The maximum Gasteiger partial charge on any atom is 0.274 e. The largest absolute Gasteiger partial charge is 0.315 e. The van der Waals surface area contributed by atoms with Crippen LogP contribution in [0.25, 0.3) is 0 Å². The van der Waals surface area contributed by atoms with E-state index in [0.29, 0.717) is 10.6 Å². The highest BCUT2D eigenvalue weighted by Crippen LogP contribution is 2.34. The van der Waals surface area contributed by atoms with Gasteiger partial charge in [-0.3, -0.25) is 10.1 Å². The first kappa shape index (κ1) is 9.43. The molecule has 0 saturated carbocycles. The Morgan fingerprint density at radius 2 is 2.21 bits per heavy atom. The predicted molar refractivity (Wildman–Crippen MR) is 53.7 cm³/mol. The molecule has 0 aliphatic carbocycles. The van der Waals surface area contributed by atoms with Crippen molar-refractivity contribution in [2.45, 2.75) is 5.92 Å². The number of rotatable bonds is 2. The second kappa shape index (κ2) is 3.55. The van der Waals surface area contributed by atoms with E-state index in [-0.39, 0.29) is 16.5 Å². The molecule has 0 spiro atoms. The van der Waals surface area contributed by atoms with Crippen LogP contribution in [0.4, 0.5) is 5.69 Å². The molecular weight excluding hydrogens is 204 g/mol. The first-order valence-corrected chi connectivity index (χ1v) is 4.71. The molecule has 14 heavy (non-hydrogen) atoms. The lowest BCUT2D eigenvalue weighted by Crippen LogP contribution is -2.40. The average Bonchev–Trinajstić information content (AvgIpc) is 2.04. The summed E-state index contributed by atoms with van der Waals surface area (Å²) in [6.07, 6.45) is 0. The average molecular weight is 213 g/mol. The normalized spacial score (nSPS) is 16.4. The van der Waals surface area contributed by atoms with Gasteiger partial charge in [0.2, 0.25) is 0 Å². The van der Waals surface area contributed by atoms with Gasteiger partial charge in [-0.15, -0.1) is 0 Å². The van der Waals surface area contributed by atoms with E-state index in [1.165, 1.54) is 6.07 Å². The fourth-order valence-corrected chi connectivity index (χ4v) is 1.91. The Kier molecular flexibility index (Phi) is 2.39. The SMILES string of the molecule is O=[N+]([O-])c1cccc(Cl)c1C1CNC1. The Labute approximate surface area is 86.0 Å². The van der Waals surface area contributed by atoms with Gasteiger partial charge in [0, 0.05) is 25.1 Å². The fourth-order valence-electron chi connectivity index (χ4n) is 1.58. The second-order valence-corrected chi connectivity index (χ2v) is 3.69. The summed E-state index contributed by atoms with van der Waals surface area (Å²) in [5, 5.41) is 14.3. The Bertz CT molecular complexity index is 377. The molecule has 1 aromatic rings. The highest BCUT2D eigenvalue weighted by Gasteiger charge is 2.28. The second-order valence-electron chi connectivity index (χ2n) is 3.28. The van der Waals surface area contributed by atoms with E-state index in [2.05, 4.69) is 5.32 Å². The fraction of sp³-hybridized carbons (Fsp3) is 0.333. The monoisotopic (exact) mass is 212 g/mol. The van der Waals surface area contributed by atoms with Crippen LogP contribution >= 0.6 is 11.6 Å². The molecule has 0 atom stereocenters. The quantitative estimate of drug-likeness (QED) is 0.602. The Morgan fingerprint density at radius 1 is 1.50 bits per heavy atom. The van der Waals surface area contributed by atoms with Gasteiger partial charge in [0.15, 0.2) is 0 Å². The molecule has 5 heteroatoms. The van der Waals surface area contributed by atoms with Crippen molar-refractivity contribution in [2.24, 2.45) is 0 Å². The van der Waals surface area contributed by atoms with Crippen LogP contribution in [0, 0.1) is 10.1 Å². The molecule has 0 aromatic heterocycles. The number of hydrogen-bond acceptors (Lipinski definition) is 3. The van der Waals surface area contributed by atoms with Crippen molar-refractivity contribution < 1.29 is 4.92 Å². The smallest absolute Gasteiger partial charge is 0.274 e. The number of benzene rings is 1. The Morgan fingerprint density at radius 3 is 2.71 bits per heavy atom. The molecular formula is C9H9ClN2O2. The minimum atomic E-state index is -0.375. The van der Waals surface area contributed by atoms with E-state index >= 15 is 0 Å². The molecule has 0 bridgehead atoms. The van der Waals surface area contributed by atoms with E-state index in [4.69, 9.17) is 11.6 Å². The maximum atomic E-state index is 10.7. The van der Waals surface area contributed by atoms with Crippen LogP contribution < -0.4 is 5.32 Å². The Balaban J connectivity index is 2.47. The van der Waals surface area contributed by atoms with E-state index < -0.39 is 0 Å². The molecule has 0 unspecified atom stereocenters. The highest BCUT2D eigenvalue weighted by molar-refractivity contribution is 6.31. The van der Waals surface area contributed by atoms with Gasteiger partial charge in [0.05, 0.1) is 15.5 Å². The van der Waals surface area contributed by atoms with Crippen molar-refractivity contribution in [3.63, 3.8) is 0 Å². The zero-order valence-electron chi connectivity index (χ0n) is 7.37. The number of nitro benzene ring substituents is 1. The number of nitro groups is 1. The number of nitrogens with zero attached hydrogens (tertiary/aromatic N) is 1. The number of halogens is 1. The number of hydrogen-bond donors (Lipinski definition) is 1. The zero-order chi connectivity index (χ0) is 10.1. The van der Waals surface area contributed by atoms with E-state index in [0.717, 1.165) is 13.1 Å². The van der Waals surface area contributed by atoms with E-state index in [9.17, 15) is 10.1 Å². The minimum Gasteiger partial charge on any atom is -0.315 e. The molecule has 2 rings (SSSR count). The van der Waals surface area contributed by atoms with Crippen molar-refractivity contribution >= 4 is 17.3 Å². The molecule has 1 aliphatic heterocycles. The third kappa shape index (κ3) is 1.47. The number of nitrogens with one attached hydrogen (secondary N) is 1. The molecule has 74 valence electrons. The van der Waals surface area contributed by atoms with Gasteiger partial charge in [0.25, 0.3) is 5.69 Å². The van der Waals surface area contributed by atoms with Crippen molar-refractivity contribution in [2.75, 3.05) is 13.1 Å². The third-order valence-electron chi connectivity index (χ3n) is 2.42. The first-order chi connectivity index (χ1) is 6.70. The topological polar surface area (TPSA) is 55.2 Å². The summed E-state index contributed by atoms with van der Waals surface area (Å²) in [4.78, 5) is 10.4. The molecule has 1 saturated heterocycles. The summed E-state index contributed by atoms with van der Waals surface area (Å²) in [6, 6.07) is 4.80. The molecule has 1 N–H and O–H groups in total. The van der Waals surface area contributed by atoms with Gasteiger partial charge >= 0.3 is 0 Å². The van der Waals surface area contributed by atoms with Crippen LogP contribution in [0.1, 0.15) is 11.5 Å². The molecule has 4 nitrogen and oxygen atoms in total. The lowest BCUT2D eigenvalue weighted by atomic mass is 9.92. The molecule has 1 fully saturated rings. The van der Waals surface area contributed by atoms with Gasteiger partial charge in [-0.2, -0.15) is 0 Å². The van der Waals surface area contributed by atoms with Crippen LogP contribution in [0.2, 0.25) is 5.02 Å². The summed E-state index contributed by atoms with van der Waals surface area (Å²) in [7, 11) is 0. The standard InChI is InChI=1S/C9H9ClN2O2/c10-7-2-1-3-8(12(13)14)9(7)6-4-11-5-6/h1-3,6,11H,4-5H2. The van der Waals surface area contributed by atoms with Crippen LogP contribution in [-0.2, 0) is 0 Å². The van der Waals surface area contributed by atoms with Crippen molar-refractivity contribution in [1.29, 1.82) is 0 Å². The minimum absolute atomic E-state index is 0.129. The van der Waals surface area contributed by atoms with Crippen LogP contribution in [0.5, 0.6) is 0 Å².